The van der Waals surface area contributed by atoms with Crippen LogP contribution in [0.1, 0.15) is 19.8 Å². The molecule has 0 amide bonds. The topological polar surface area (TPSA) is 98.5 Å². The van der Waals surface area contributed by atoms with Crippen LogP contribution >= 0.6 is 0 Å². The number of phenolic OH excluding ortho intramolecular Hbond substituents is 1. The van der Waals surface area contributed by atoms with E-state index in [0.29, 0.717) is 23.8 Å². The highest BCUT2D eigenvalue weighted by molar-refractivity contribution is 5.89. The first-order valence-electron chi connectivity index (χ1n) is 8.31. The van der Waals surface area contributed by atoms with Gasteiger partial charge in [-0.1, -0.05) is 6.58 Å². The van der Waals surface area contributed by atoms with Gasteiger partial charge in [-0.05, 0) is 25.1 Å². The zero-order valence-corrected chi connectivity index (χ0v) is 14.2. The third-order valence-corrected chi connectivity index (χ3v) is 4.82. The molecule has 26 heavy (non-hydrogen) atoms. The molecular weight excluding hydrogens is 340 g/mol. The summed E-state index contributed by atoms with van der Waals surface area (Å²) < 4.78 is 21.6. The molecule has 4 rings (SSSR count). The van der Waals surface area contributed by atoms with Gasteiger partial charge in [-0.25, -0.2) is 9.59 Å². The minimum Gasteiger partial charge on any atom is -0.502 e. The largest absolute Gasteiger partial charge is 0.502 e. The summed E-state index contributed by atoms with van der Waals surface area (Å²) in [5.41, 5.74) is -0.426. The van der Waals surface area contributed by atoms with Gasteiger partial charge < -0.3 is 23.7 Å². The predicted molar refractivity (Wildman–Crippen MR) is 91.2 cm³/mol. The normalized spacial score (nSPS) is 27.6. The molecule has 3 heterocycles. The van der Waals surface area contributed by atoms with E-state index in [2.05, 4.69) is 6.58 Å². The van der Waals surface area contributed by atoms with E-state index in [4.69, 9.17) is 18.6 Å². The summed E-state index contributed by atoms with van der Waals surface area (Å²) in [7, 11) is 0. The fourth-order valence-electron chi connectivity index (χ4n) is 3.26. The van der Waals surface area contributed by atoms with Crippen LogP contribution in [-0.2, 0) is 14.3 Å². The van der Waals surface area contributed by atoms with Crippen molar-refractivity contribution in [2.75, 3.05) is 6.61 Å². The van der Waals surface area contributed by atoms with E-state index in [1.54, 1.807) is 18.2 Å². The molecule has 2 saturated heterocycles. The molecule has 0 saturated carbocycles. The van der Waals surface area contributed by atoms with Crippen LogP contribution in [0.5, 0.6) is 11.5 Å². The predicted octanol–water partition coefficient (Wildman–Crippen LogP) is 2.30. The Hall–Kier alpha value is -2.80. The second-order valence-corrected chi connectivity index (χ2v) is 6.85. The molecular formula is C19H18O7. The van der Waals surface area contributed by atoms with Crippen LogP contribution in [-0.4, -0.2) is 35.5 Å². The maximum atomic E-state index is 11.4. The second-order valence-electron chi connectivity index (χ2n) is 6.85. The molecule has 3 atom stereocenters. The lowest BCUT2D eigenvalue weighted by atomic mass is 9.98. The summed E-state index contributed by atoms with van der Waals surface area (Å²) in [5.74, 6) is -0.358. The fraction of sp³-hybridized carbons (Fsp3) is 0.368. The Balaban J connectivity index is 1.40. The molecule has 2 fully saturated rings. The van der Waals surface area contributed by atoms with Crippen molar-refractivity contribution in [1.82, 2.24) is 0 Å². The molecule has 2 aliphatic heterocycles. The number of benzene rings is 1. The molecule has 7 heteroatoms. The molecule has 0 unspecified atom stereocenters. The zero-order valence-electron chi connectivity index (χ0n) is 14.2. The maximum absolute atomic E-state index is 11.4. The second kappa shape index (κ2) is 5.88. The van der Waals surface area contributed by atoms with Crippen LogP contribution in [0.25, 0.3) is 11.0 Å². The first-order valence-corrected chi connectivity index (χ1v) is 8.31. The molecule has 0 aliphatic carbocycles. The molecule has 1 N–H and O–H groups in total. The van der Waals surface area contributed by atoms with Gasteiger partial charge in [0.2, 0.25) is 5.75 Å². The van der Waals surface area contributed by atoms with Crippen molar-refractivity contribution < 1.29 is 28.5 Å². The lowest BCUT2D eigenvalue weighted by Crippen LogP contribution is -2.22. The van der Waals surface area contributed by atoms with Crippen molar-refractivity contribution in [3.05, 3.63) is 46.8 Å². The molecule has 0 radical (unpaired) electrons. The van der Waals surface area contributed by atoms with E-state index < -0.39 is 11.2 Å². The van der Waals surface area contributed by atoms with E-state index in [9.17, 15) is 14.7 Å². The lowest BCUT2D eigenvalue weighted by Gasteiger charge is -2.13. The van der Waals surface area contributed by atoms with Gasteiger partial charge in [0.25, 0.3) is 0 Å². The molecule has 2 aromatic rings. The Bertz CT molecular complexity index is 944. The first kappa shape index (κ1) is 16.7. The zero-order chi connectivity index (χ0) is 18.5. The molecule has 136 valence electrons. The minimum atomic E-state index is -0.546. The van der Waals surface area contributed by atoms with Crippen LogP contribution in [0.4, 0.5) is 0 Å². The van der Waals surface area contributed by atoms with E-state index >= 15 is 0 Å². The molecule has 0 bridgehead atoms. The number of carbonyl (C=O) groups is 1. The Morgan fingerprint density at radius 2 is 2.08 bits per heavy atom. The SMILES string of the molecule is C=C1C[C@@H](C[C@]2(C)O[C@H]2COc2ccc3ccc(=O)oc3c2O)OC1=O. The number of fused-ring (bicyclic) bond motifs is 1. The van der Waals surface area contributed by atoms with Gasteiger partial charge in [-0.3, -0.25) is 0 Å². The van der Waals surface area contributed by atoms with E-state index in [-0.39, 0.29) is 41.9 Å². The van der Waals surface area contributed by atoms with Crippen LogP contribution in [0.2, 0.25) is 0 Å². The van der Waals surface area contributed by atoms with E-state index in [0.717, 1.165) is 0 Å². The smallest absolute Gasteiger partial charge is 0.336 e. The highest BCUT2D eigenvalue weighted by Gasteiger charge is 2.55. The highest BCUT2D eigenvalue weighted by Crippen LogP contribution is 2.43. The Kier molecular flexibility index (Phi) is 3.77. The minimum absolute atomic E-state index is 0.0888. The Morgan fingerprint density at radius 3 is 2.81 bits per heavy atom. The van der Waals surface area contributed by atoms with Gasteiger partial charge in [0.05, 0.1) is 5.60 Å². The summed E-state index contributed by atoms with van der Waals surface area (Å²) in [6.07, 6.45) is 0.654. The summed E-state index contributed by atoms with van der Waals surface area (Å²) in [6, 6.07) is 6.17. The van der Waals surface area contributed by atoms with Gasteiger partial charge in [0.15, 0.2) is 11.3 Å². The van der Waals surface area contributed by atoms with Crippen LogP contribution in [0.15, 0.2) is 45.6 Å². The number of hydrogen-bond donors (Lipinski definition) is 1. The van der Waals surface area contributed by atoms with Crippen molar-refractivity contribution in [3.8, 4) is 11.5 Å². The van der Waals surface area contributed by atoms with Crippen molar-refractivity contribution in [1.29, 1.82) is 0 Å². The van der Waals surface area contributed by atoms with E-state index in [1.807, 2.05) is 6.92 Å². The number of rotatable bonds is 5. The van der Waals surface area contributed by atoms with Crippen molar-refractivity contribution >= 4 is 16.9 Å². The number of esters is 1. The molecule has 1 aromatic heterocycles. The Labute approximate surface area is 148 Å². The first-order chi connectivity index (χ1) is 12.4. The number of aromatic hydroxyl groups is 1. The van der Waals surface area contributed by atoms with Gasteiger partial charge in [0, 0.05) is 29.9 Å². The van der Waals surface area contributed by atoms with Gasteiger partial charge in [0.1, 0.15) is 18.8 Å². The summed E-state index contributed by atoms with van der Waals surface area (Å²) in [6.45, 7) is 5.81. The summed E-state index contributed by atoms with van der Waals surface area (Å²) in [5, 5.41) is 10.9. The monoisotopic (exact) mass is 358 g/mol. The Morgan fingerprint density at radius 1 is 1.31 bits per heavy atom. The highest BCUT2D eigenvalue weighted by atomic mass is 16.6. The molecule has 2 aliphatic rings. The number of phenols is 1. The van der Waals surface area contributed by atoms with Crippen molar-refractivity contribution in [3.63, 3.8) is 0 Å². The van der Waals surface area contributed by atoms with Gasteiger partial charge in [-0.2, -0.15) is 0 Å². The van der Waals surface area contributed by atoms with Crippen LogP contribution in [0, 0.1) is 0 Å². The molecule has 1 aromatic carbocycles. The number of carbonyl (C=O) groups excluding carboxylic acids is 1. The third kappa shape index (κ3) is 2.94. The number of ether oxygens (including phenoxy) is 3. The van der Waals surface area contributed by atoms with Crippen molar-refractivity contribution in [2.45, 2.75) is 37.6 Å². The summed E-state index contributed by atoms with van der Waals surface area (Å²) in [4.78, 5) is 22.7. The third-order valence-electron chi connectivity index (χ3n) is 4.82. The standard InChI is InChI=1S/C19H18O7/c1-10-7-12(24-18(10)22)8-19(2)14(26-19)9-23-13-5-3-11-4-6-15(20)25-17(11)16(13)21/h3-6,12,14,21H,1,7-9H2,2H3/t12-,14-,19-/m0/s1. The van der Waals surface area contributed by atoms with Gasteiger partial charge in [-0.15, -0.1) is 0 Å². The number of hydrogen-bond acceptors (Lipinski definition) is 7. The fourth-order valence-corrected chi connectivity index (χ4v) is 3.26. The van der Waals surface area contributed by atoms with Gasteiger partial charge >= 0.3 is 11.6 Å². The summed E-state index contributed by atoms with van der Waals surface area (Å²) >= 11 is 0. The van der Waals surface area contributed by atoms with E-state index in [1.165, 1.54) is 6.07 Å². The lowest BCUT2D eigenvalue weighted by molar-refractivity contribution is -0.139. The van der Waals surface area contributed by atoms with Crippen LogP contribution in [0.3, 0.4) is 0 Å². The molecule has 0 spiro atoms. The van der Waals surface area contributed by atoms with Crippen LogP contribution < -0.4 is 10.4 Å². The number of cyclic esters (lactones) is 1. The maximum Gasteiger partial charge on any atom is 0.336 e. The molecule has 7 nitrogen and oxygen atoms in total. The quantitative estimate of drug-likeness (QED) is 0.379. The van der Waals surface area contributed by atoms with Crippen molar-refractivity contribution in [2.24, 2.45) is 0 Å². The average molecular weight is 358 g/mol. The number of epoxide rings is 1. The average Bonchev–Trinajstić information content (AvgIpc) is 3.12.